The van der Waals surface area contributed by atoms with Crippen molar-refractivity contribution >= 4 is 56.9 Å². The maximum absolute atomic E-state index is 11.6. The van der Waals surface area contributed by atoms with Crippen LogP contribution in [0, 0.1) is 0 Å². The Labute approximate surface area is 143 Å². The molecule has 0 bridgehead atoms. The molecule has 0 amide bonds. The summed E-state index contributed by atoms with van der Waals surface area (Å²) in [6, 6.07) is 12.8. The predicted octanol–water partition coefficient (Wildman–Crippen LogP) is 1.11. The molecular formula is C12H12N3NaO4S. The maximum atomic E-state index is 11.6. The van der Waals surface area contributed by atoms with E-state index >= 15 is 0 Å². The fourth-order valence-corrected chi connectivity index (χ4v) is 2.77. The first kappa shape index (κ1) is 15.9. The van der Waals surface area contributed by atoms with Crippen LogP contribution in [0.1, 0.15) is 0 Å². The van der Waals surface area contributed by atoms with Crippen LogP contribution in [0.5, 0.6) is 5.75 Å². The minimum absolute atomic E-state index is 0. The number of fused-ring (bicyclic) bond motifs is 1. The summed E-state index contributed by atoms with van der Waals surface area (Å²) in [4.78, 5) is 0. The fourth-order valence-electron chi connectivity index (χ4n) is 2.03. The van der Waals surface area contributed by atoms with Gasteiger partial charge in [-0.1, -0.05) is 24.3 Å². The van der Waals surface area contributed by atoms with Crippen molar-refractivity contribution in [3.05, 3.63) is 48.5 Å². The predicted molar refractivity (Wildman–Crippen MR) is 81.8 cm³/mol. The second-order valence-corrected chi connectivity index (χ2v) is 5.39. The zero-order valence-corrected chi connectivity index (χ0v) is 10.9. The summed E-state index contributed by atoms with van der Waals surface area (Å²) in [5.74, 6) is -0.124. The third-order valence-electron chi connectivity index (χ3n) is 2.85. The van der Waals surface area contributed by atoms with Crippen LogP contribution < -0.4 is 15.0 Å². The number of hydrazine groups is 2. The van der Waals surface area contributed by atoms with Crippen molar-refractivity contribution in [3.63, 3.8) is 0 Å². The molecule has 21 heavy (non-hydrogen) atoms. The van der Waals surface area contributed by atoms with Crippen LogP contribution in [0.15, 0.2) is 48.5 Å². The number of hydrogen-bond acceptors (Lipinski definition) is 5. The van der Waals surface area contributed by atoms with Gasteiger partial charge in [0, 0.05) is 0 Å². The van der Waals surface area contributed by atoms with Gasteiger partial charge in [0.1, 0.15) is 17.1 Å². The minimum atomic E-state index is -4.54. The Morgan fingerprint density at radius 1 is 0.952 bits per heavy atom. The molecule has 3 rings (SSSR count). The molecule has 0 radical (unpaired) electrons. The van der Waals surface area contributed by atoms with Crippen molar-refractivity contribution < 1.29 is 18.1 Å². The zero-order chi connectivity index (χ0) is 14.3. The van der Waals surface area contributed by atoms with Gasteiger partial charge in [0.05, 0.1) is 5.69 Å². The molecule has 0 unspecified atom stereocenters. The second-order valence-electron chi connectivity index (χ2n) is 4.15. The topological polar surface area (TPSA) is 93.1 Å². The molecule has 0 atom stereocenters. The second kappa shape index (κ2) is 5.74. The number of nitrogens with one attached hydrogen (secondary N) is 1. The monoisotopic (exact) mass is 317 g/mol. The van der Waals surface area contributed by atoms with Crippen LogP contribution in [0.25, 0.3) is 0 Å². The van der Waals surface area contributed by atoms with Crippen LogP contribution in [-0.2, 0) is 10.3 Å². The van der Waals surface area contributed by atoms with Crippen LogP contribution in [-0.4, -0.2) is 47.6 Å². The molecule has 0 fully saturated rings. The molecule has 1 heterocycles. The Morgan fingerprint density at radius 2 is 1.52 bits per heavy atom. The van der Waals surface area contributed by atoms with Crippen molar-refractivity contribution in [1.29, 1.82) is 0 Å². The number of para-hydroxylation sites is 4. The Kier molecular flexibility index (Phi) is 4.35. The van der Waals surface area contributed by atoms with Gasteiger partial charge in [0.25, 0.3) is 0 Å². The molecular weight excluding hydrogens is 305 g/mol. The number of hydrogen-bond donors (Lipinski definition) is 3. The molecule has 3 N–H and O–H groups in total. The number of benzene rings is 2. The van der Waals surface area contributed by atoms with E-state index in [1.165, 1.54) is 18.2 Å². The number of anilines is 3. The van der Waals surface area contributed by atoms with Crippen molar-refractivity contribution in [2.75, 3.05) is 15.0 Å². The van der Waals surface area contributed by atoms with Crippen LogP contribution in [0.3, 0.4) is 0 Å². The van der Waals surface area contributed by atoms with E-state index in [1.807, 2.05) is 0 Å². The van der Waals surface area contributed by atoms with Gasteiger partial charge >= 0.3 is 39.9 Å². The normalized spacial score (nSPS) is 13.4. The molecule has 106 valence electrons. The molecule has 0 spiro atoms. The summed E-state index contributed by atoms with van der Waals surface area (Å²) in [7, 11) is -4.54. The summed E-state index contributed by atoms with van der Waals surface area (Å²) in [6.45, 7) is 0. The standard InChI is InChI=1S/C12H11N3O4S.Na.H/c16-12-8-4-3-7-11(12)14-13-9-5-1-2-6-10(9)15(14)20(17,18)19;;/h1-8,13,16H,(H,17,18,19);;. The molecule has 1 aliphatic rings. The molecule has 0 saturated carbocycles. The first-order valence-corrected chi connectivity index (χ1v) is 7.09. The molecule has 2 aromatic carbocycles. The van der Waals surface area contributed by atoms with Gasteiger partial charge in [0.15, 0.2) is 0 Å². The SMILES string of the molecule is O=S(=O)(O)N1c2ccccc2NN1c1ccccc1O.[NaH]. The van der Waals surface area contributed by atoms with E-state index < -0.39 is 10.3 Å². The van der Waals surface area contributed by atoms with Crippen molar-refractivity contribution in [3.8, 4) is 5.75 Å². The molecule has 0 saturated heterocycles. The van der Waals surface area contributed by atoms with Gasteiger partial charge in [0.2, 0.25) is 0 Å². The van der Waals surface area contributed by atoms with Crippen molar-refractivity contribution in [1.82, 2.24) is 0 Å². The summed E-state index contributed by atoms with van der Waals surface area (Å²) in [5, 5.41) is 10.9. The Morgan fingerprint density at radius 3 is 2.14 bits per heavy atom. The van der Waals surface area contributed by atoms with E-state index in [1.54, 1.807) is 30.3 Å². The van der Waals surface area contributed by atoms with Gasteiger partial charge < -0.3 is 5.11 Å². The number of aromatic hydroxyl groups is 1. The molecule has 1 aliphatic heterocycles. The summed E-state index contributed by atoms with van der Waals surface area (Å²) in [5.41, 5.74) is 3.76. The summed E-state index contributed by atoms with van der Waals surface area (Å²) in [6.07, 6.45) is 0. The van der Waals surface area contributed by atoms with Crippen molar-refractivity contribution in [2.45, 2.75) is 0 Å². The summed E-state index contributed by atoms with van der Waals surface area (Å²) >= 11 is 0. The van der Waals surface area contributed by atoms with Crippen molar-refractivity contribution in [2.24, 2.45) is 0 Å². The first-order chi connectivity index (χ1) is 9.48. The van der Waals surface area contributed by atoms with E-state index in [0.29, 0.717) is 10.1 Å². The zero-order valence-electron chi connectivity index (χ0n) is 10.1. The molecule has 0 aliphatic carbocycles. The van der Waals surface area contributed by atoms with Gasteiger partial charge in [-0.3, -0.25) is 9.98 Å². The van der Waals surface area contributed by atoms with E-state index in [9.17, 15) is 18.1 Å². The molecule has 2 aromatic rings. The Bertz CT molecular complexity index is 769. The number of phenolic OH excluding ortho intramolecular Hbond substituents is 1. The average molecular weight is 317 g/mol. The summed E-state index contributed by atoms with van der Waals surface area (Å²) < 4.78 is 33.3. The number of rotatable bonds is 2. The Balaban J connectivity index is 0.00000161. The number of nitrogens with zero attached hydrogens (tertiary/aromatic N) is 2. The van der Waals surface area contributed by atoms with E-state index in [2.05, 4.69) is 5.43 Å². The molecule has 7 nitrogen and oxygen atoms in total. The Hall–Kier alpha value is -1.45. The van der Waals surface area contributed by atoms with Gasteiger partial charge in [-0.05, 0) is 24.3 Å². The van der Waals surface area contributed by atoms with E-state index in [4.69, 9.17) is 0 Å². The quantitative estimate of drug-likeness (QED) is 0.568. The third-order valence-corrected chi connectivity index (χ3v) is 3.64. The van der Waals surface area contributed by atoms with Gasteiger partial charge in [-0.25, -0.2) is 0 Å². The molecule has 0 aromatic heterocycles. The van der Waals surface area contributed by atoms with Crippen LogP contribution in [0.2, 0.25) is 0 Å². The fraction of sp³-hybridized carbons (Fsp3) is 0. The third kappa shape index (κ3) is 2.81. The first-order valence-electron chi connectivity index (χ1n) is 5.70. The van der Waals surface area contributed by atoms with Crippen LogP contribution in [0.4, 0.5) is 17.1 Å². The number of phenols is 1. The van der Waals surface area contributed by atoms with Gasteiger partial charge in [-0.2, -0.15) is 13.5 Å². The van der Waals surface area contributed by atoms with Gasteiger partial charge in [-0.15, -0.1) is 4.41 Å². The van der Waals surface area contributed by atoms with E-state index in [-0.39, 0.29) is 46.7 Å². The molecule has 9 heteroatoms. The average Bonchev–Trinajstić information content (AvgIpc) is 2.78. The van der Waals surface area contributed by atoms with Crippen LogP contribution >= 0.6 is 0 Å². The van der Waals surface area contributed by atoms with E-state index in [0.717, 1.165) is 5.12 Å².